The number of hydrogen-bond acceptors (Lipinski definition) is 3. The van der Waals surface area contributed by atoms with Gasteiger partial charge in [0, 0.05) is 22.2 Å². The molecule has 0 aliphatic carbocycles. The molecule has 1 rings (SSSR count). The first-order valence-corrected chi connectivity index (χ1v) is 9.16. The molecule has 1 unspecified atom stereocenters. The first-order chi connectivity index (χ1) is 10.1. The van der Waals surface area contributed by atoms with Crippen LogP contribution in [0.2, 0.25) is 10.0 Å². The largest absolute Gasteiger partial charge is 0.481 e. The summed E-state index contributed by atoms with van der Waals surface area (Å²) in [6, 6.07) is 4.73. The molecule has 0 radical (unpaired) electrons. The van der Waals surface area contributed by atoms with Crippen molar-refractivity contribution in [1.82, 2.24) is 4.72 Å². The number of carboxylic acids is 1. The highest BCUT2D eigenvalue weighted by Crippen LogP contribution is 2.26. The second kappa shape index (κ2) is 8.15. The summed E-state index contributed by atoms with van der Waals surface area (Å²) in [7, 11) is -3.73. The van der Waals surface area contributed by atoms with E-state index in [9.17, 15) is 13.2 Å². The van der Waals surface area contributed by atoms with Crippen molar-refractivity contribution in [2.45, 2.75) is 26.0 Å². The zero-order valence-electron chi connectivity index (χ0n) is 12.3. The molecule has 5 nitrogen and oxygen atoms in total. The summed E-state index contributed by atoms with van der Waals surface area (Å²) in [5.41, 5.74) is 0.300. The predicted molar refractivity (Wildman–Crippen MR) is 87.7 cm³/mol. The second-order valence-electron chi connectivity index (χ2n) is 5.47. The van der Waals surface area contributed by atoms with Crippen LogP contribution in [0, 0.1) is 11.8 Å². The van der Waals surface area contributed by atoms with Crippen molar-refractivity contribution in [2.24, 2.45) is 11.8 Å². The van der Waals surface area contributed by atoms with Gasteiger partial charge in [-0.3, -0.25) is 4.79 Å². The number of benzene rings is 1. The molecule has 0 amide bonds. The van der Waals surface area contributed by atoms with Gasteiger partial charge < -0.3 is 5.11 Å². The topological polar surface area (TPSA) is 83.5 Å². The minimum absolute atomic E-state index is 0.155. The molecule has 0 spiro atoms. The van der Waals surface area contributed by atoms with E-state index in [0.717, 1.165) is 0 Å². The molecule has 0 heterocycles. The fraction of sp³-hybridized carbons (Fsp3) is 0.500. The summed E-state index contributed by atoms with van der Waals surface area (Å²) in [5, 5.41) is 9.64. The molecule has 1 atom stereocenters. The van der Waals surface area contributed by atoms with E-state index in [4.69, 9.17) is 28.3 Å². The van der Waals surface area contributed by atoms with E-state index in [2.05, 4.69) is 4.72 Å². The molecular formula is C14H19Cl2NO4S. The van der Waals surface area contributed by atoms with E-state index in [-0.39, 0.29) is 28.3 Å². The van der Waals surface area contributed by atoms with Crippen LogP contribution in [0.4, 0.5) is 0 Å². The highest BCUT2D eigenvalue weighted by Gasteiger charge is 2.23. The van der Waals surface area contributed by atoms with E-state index < -0.39 is 21.9 Å². The molecule has 8 heteroatoms. The van der Waals surface area contributed by atoms with Crippen LogP contribution in [0.15, 0.2) is 18.2 Å². The van der Waals surface area contributed by atoms with Gasteiger partial charge in [-0.25, -0.2) is 13.1 Å². The van der Waals surface area contributed by atoms with Crippen LogP contribution in [-0.4, -0.2) is 26.0 Å². The third kappa shape index (κ3) is 6.12. The van der Waals surface area contributed by atoms with Gasteiger partial charge in [-0.05, 0) is 24.5 Å². The predicted octanol–water partition coefficient (Wildman–Crippen LogP) is 3.16. The van der Waals surface area contributed by atoms with E-state index in [1.54, 1.807) is 18.2 Å². The standard InChI is InChI=1S/C14H19Cl2NO4S/c1-9(2)6-10(14(18)19)7-17-22(20,21)8-11-12(15)4-3-5-13(11)16/h3-5,9-10,17H,6-8H2,1-2H3,(H,18,19). The summed E-state index contributed by atoms with van der Waals surface area (Å²) in [6.07, 6.45) is 0.394. The quantitative estimate of drug-likeness (QED) is 0.738. The molecule has 0 aromatic heterocycles. The molecule has 0 saturated heterocycles. The molecule has 0 aliphatic rings. The Balaban J connectivity index is 2.77. The highest BCUT2D eigenvalue weighted by atomic mass is 35.5. The van der Waals surface area contributed by atoms with Gasteiger partial charge in [0.2, 0.25) is 10.0 Å². The summed E-state index contributed by atoms with van der Waals surface area (Å²) in [6.45, 7) is 3.61. The van der Waals surface area contributed by atoms with E-state index in [1.807, 2.05) is 13.8 Å². The van der Waals surface area contributed by atoms with Crippen molar-refractivity contribution in [2.75, 3.05) is 6.54 Å². The van der Waals surface area contributed by atoms with Gasteiger partial charge in [0.15, 0.2) is 0 Å². The lowest BCUT2D eigenvalue weighted by Crippen LogP contribution is -2.34. The van der Waals surface area contributed by atoms with E-state index in [1.165, 1.54) is 0 Å². The summed E-state index contributed by atoms with van der Waals surface area (Å²) in [4.78, 5) is 11.1. The van der Waals surface area contributed by atoms with Gasteiger partial charge in [0.05, 0.1) is 11.7 Å². The molecule has 22 heavy (non-hydrogen) atoms. The Hall–Kier alpha value is -0.820. The van der Waals surface area contributed by atoms with Crippen molar-refractivity contribution < 1.29 is 18.3 Å². The number of halogens is 2. The van der Waals surface area contributed by atoms with Crippen LogP contribution in [-0.2, 0) is 20.6 Å². The molecular weight excluding hydrogens is 349 g/mol. The Kier molecular flexibility index (Phi) is 7.12. The smallest absolute Gasteiger partial charge is 0.307 e. The van der Waals surface area contributed by atoms with Gasteiger partial charge in [-0.15, -0.1) is 0 Å². The fourth-order valence-electron chi connectivity index (χ4n) is 1.98. The maximum atomic E-state index is 12.1. The number of rotatable bonds is 8. The van der Waals surface area contributed by atoms with Crippen molar-refractivity contribution in [1.29, 1.82) is 0 Å². The van der Waals surface area contributed by atoms with Gasteiger partial charge in [-0.1, -0.05) is 43.1 Å². The zero-order chi connectivity index (χ0) is 16.9. The lowest BCUT2D eigenvalue weighted by atomic mass is 9.98. The third-order valence-electron chi connectivity index (χ3n) is 3.05. The third-order valence-corrected chi connectivity index (χ3v) is 5.03. The number of carbonyl (C=O) groups is 1. The average Bonchev–Trinajstić information content (AvgIpc) is 2.38. The normalized spacial score (nSPS) is 13.3. The molecule has 124 valence electrons. The Morgan fingerprint density at radius 2 is 1.82 bits per heavy atom. The molecule has 0 aliphatic heterocycles. The van der Waals surface area contributed by atoms with Gasteiger partial charge in [-0.2, -0.15) is 0 Å². The first-order valence-electron chi connectivity index (χ1n) is 6.75. The van der Waals surface area contributed by atoms with Crippen molar-refractivity contribution in [3.63, 3.8) is 0 Å². The minimum Gasteiger partial charge on any atom is -0.481 e. The molecule has 0 saturated carbocycles. The molecule has 1 aromatic rings. The summed E-state index contributed by atoms with van der Waals surface area (Å²) in [5.74, 6) is -2.02. The van der Waals surface area contributed by atoms with Gasteiger partial charge >= 0.3 is 5.97 Å². The van der Waals surface area contributed by atoms with Gasteiger partial charge in [0.25, 0.3) is 0 Å². The van der Waals surface area contributed by atoms with E-state index in [0.29, 0.717) is 12.0 Å². The lowest BCUT2D eigenvalue weighted by molar-refractivity contribution is -0.142. The molecule has 0 fully saturated rings. The maximum Gasteiger partial charge on any atom is 0.307 e. The molecule has 2 N–H and O–H groups in total. The Labute approximate surface area is 140 Å². The van der Waals surface area contributed by atoms with Crippen LogP contribution in [0.3, 0.4) is 0 Å². The van der Waals surface area contributed by atoms with Gasteiger partial charge in [0.1, 0.15) is 0 Å². The Morgan fingerprint density at radius 3 is 2.27 bits per heavy atom. The summed E-state index contributed by atoms with van der Waals surface area (Å²) >= 11 is 11.9. The van der Waals surface area contributed by atoms with Crippen molar-refractivity contribution in [3.8, 4) is 0 Å². The number of sulfonamides is 1. The maximum absolute atomic E-state index is 12.1. The second-order valence-corrected chi connectivity index (χ2v) is 8.09. The first kappa shape index (κ1) is 19.2. The number of nitrogens with one attached hydrogen (secondary N) is 1. The van der Waals surface area contributed by atoms with Crippen LogP contribution >= 0.6 is 23.2 Å². The average molecular weight is 368 g/mol. The van der Waals surface area contributed by atoms with Crippen LogP contribution in [0.1, 0.15) is 25.8 Å². The minimum atomic E-state index is -3.73. The lowest BCUT2D eigenvalue weighted by Gasteiger charge is -2.16. The van der Waals surface area contributed by atoms with E-state index >= 15 is 0 Å². The number of aliphatic carboxylic acids is 1. The number of carboxylic acid groups (broad SMARTS) is 1. The fourth-order valence-corrected chi connectivity index (χ4v) is 3.92. The Bertz CT molecular complexity index is 611. The molecule has 0 bridgehead atoms. The SMILES string of the molecule is CC(C)CC(CNS(=O)(=O)Cc1c(Cl)cccc1Cl)C(=O)O. The van der Waals surface area contributed by atoms with Crippen molar-refractivity contribution in [3.05, 3.63) is 33.8 Å². The van der Waals surface area contributed by atoms with Crippen LogP contribution < -0.4 is 4.72 Å². The zero-order valence-corrected chi connectivity index (χ0v) is 14.7. The summed E-state index contributed by atoms with van der Waals surface area (Å²) < 4.78 is 26.5. The highest BCUT2D eigenvalue weighted by molar-refractivity contribution is 7.88. The molecule has 1 aromatic carbocycles. The number of hydrogen-bond donors (Lipinski definition) is 2. The van der Waals surface area contributed by atoms with Crippen molar-refractivity contribution >= 4 is 39.2 Å². The monoisotopic (exact) mass is 367 g/mol. The Morgan fingerprint density at radius 1 is 1.27 bits per heavy atom. The van der Waals surface area contributed by atoms with Crippen LogP contribution in [0.5, 0.6) is 0 Å². The van der Waals surface area contributed by atoms with Crippen LogP contribution in [0.25, 0.3) is 0 Å².